The van der Waals surface area contributed by atoms with Gasteiger partial charge in [-0.05, 0) is 43.8 Å². The third kappa shape index (κ3) is 1.95. The van der Waals surface area contributed by atoms with Gasteiger partial charge in [-0.15, -0.1) is 0 Å². The number of hydrogen-bond donors (Lipinski definition) is 1. The molecule has 1 atom stereocenters. The highest BCUT2D eigenvalue weighted by molar-refractivity contribution is 6.05. The van der Waals surface area contributed by atoms with Crippen molar-refractivity contribution in [3.63, 3.8) is 0 Å². The Hall–Kier alpha value is -1.68. The minimum absolute atomic E-state index is 0.196. The molecule has 104 valence electrons. The molecular weight excluding hydrogens is 250 g/mol. The number of carbonyl (C=O) groups excluding carboxylic acids is 1. The molecular formula is C16H19N3O. The third-order valence-electron chi connectivity index (χ3n) is 4.97. The molecule has 3 aliphatic rings. The second kappa shape index (κ2) is 4.70. The number of aromatic nitrogens is 2. The number of rotatable bonds is 3. The monoisotopic (exact) mass is 269 g/mol. The van der Waals surface area contributed by atoms with E-state index in [1.807, 2.05) is 24.3 Å². The van der Waals surface area contributed by atoms with Crippen molar-refractivity contribution < 1.29 is 4.79 Å². The number of nitrogens with one attached hydrogen (secondary N) is 1. The first kappa shape index (κ1) is 12.1. The predicted molar refractivity (Wildman–Crippen MR) is 77.7 cm³/mol. The average Bonchev–Trinajstić information content (AvgIpc) is 2.92. The molecule has 2 aromatic rings. The molecule has 1 aromatic carbocycles. The van der Waals surface area contributed by atoms with Gasteiger partial charge in [-0.1, -0.05) is 18.2 Å². The third-order valence-corrected chi connectivity index (χ3v) is 4.97. The van der Waals surface area contributed by atoms with E-state index in [4.69, 9.17) is 0 Å². The Morgan fingerprint density at radius 2 is 2.10 bits per heavy atom. The van der Waals surface area contributed by atoms with Crippen molar-refractivity contribution in [3.05, 3.63) is 30.0 Å². The fourth-order valence-corrected chi connectivity index (χ4v) is 3.83. The minimum Gasteiger partial charge on any atom is -0.303 e. The summed E-state index contributed by atoms with van der Waals surface area (Å²) in [5.74, 6) is 1.47. The van der Waals surface area contributed by atoms with E-state index < -0.39 is 0 Å². The zero-order valence-corrected chi connectivity index (χ0v) is 11.5. The van der Waals surface area contributed by atoms with E-state index in [1.54, 1.807) is 0 Å². The van der Waals surface area contributed by atoms with Crippen LogP contribution < -0.4 is 0 Å². The first-order chi connectivity index (χ1) is 9.81. The van der Waals surface area contributed by atoms with Crippen molar-refractivity contribution in [1.82, 2.24) is 15.1 Å². The highest BCUT2D eigenvalue weighted by Gasteiger charge is 2.35. The van der Waals surface area contributed by atoms with Gasteiger partial charge in [0.05, 0.1) is 5.52 Å². The van der Waals surface area contributed by atoms with E-state index in [9.17, 15) is 4.79 Å². The van der Waals surface area contributed by atoms with Crippen molar-refractivity contribution in [3.8, 4) is 0 Å². The molecule has 0 amide bonds. The van der Waals surface area contributed by atoms with Crippen LogP contribution in [0.2, 0.25) is 0 Å². The molecule has 4 nitrogen and oxygen atoms in total. The van der Waals surface area contributed by atoms with Gasteiger partial charge in [0.2, 0.25) is 0 Å². The molecule has 0 spiro atoms. The number of piperidine rings is 3. The first-order valence-corrected chi connectivity index (χ1v) is 7.50. The number of benzene rings is 1. The number of fused-ring (bicyclic) bond motifs is 4. The van der Waals surface area contributed by atoms with Crippen molar-refractivity contribution in [2.75, 3.05) is 19.6 Å². The van der Waals surface area contributed by atoms with Crippen LogP contribution in [0, 0.1) is 11.8 Å². The molecule has 3 aliphatic heterocycles. The lowest BCUT2D eigenvalue weighted by Crippen LogP contribution is -2.47. The number of aromatic amines is 1. The van der Waals surface area contributed by atoms with Gasteiger partial charge in [0.25, 0.3) is 0 Å². The second-order valence-corrected chi connectivity index (χ2v) is 6.14. The summed E-state index contributed by atoms with van der Waals surface area (Å²) < 4.78 is 0. The summed E-state index contributed by atoms with van der Waals surface area (Å²) in [6.07, 6.45) is 3.18. The molecule has 1 aromatic heterocycles. The fraction of sp³-hybridized carbons (Fsp3) is 0.500. The van der Waals surface area contributed by atoms with Crippen LogP contribution in [0.4, 0.5) is 0 Å². The number of carbonyl (C=O) groups is 1. The Balaban J connectivity index is 1.56. The van der Waals surface area contributed by atoms with Crippen LogP contribution in [-0.4, -0.2) is 40.5 Å². The molecule has 0 aliphatic carbocycles. The van der Waals surface area contributed by atoms with E-state index in [2.05, 4.69) is 15.1 Å². The van der Waals surface area contributed by atoms with Gasteiger partial charge in [0.1, 0.15) is 5.69 Å². The number of Topliss-reactive ketones (excluding diaryl/α,β-unsaturated/α-hetero) is 1. The van der Waals surface area contributed by atoms with Gasteiger partial charge < -0.3 is 4.90 Å². The van der Waals surface area contributed by atoms with Crippen molar-refractivity contribution in [2.24, 2.45) is 11.8 Å². The molecule has 0 saturated carbocycles. The van der Waals surface area contributed by atoms with Crippen molar-refractivity contribution in [1.29, 1.82) is 0 Å². The summed E-state index contributed by atoms with van der Waals surface area (Å²) in [5.41, 5.74) is 1.57. The van der Waals surface area contributed by atoms with Gasteiger partial charge in [0.15, 0.2) is 5.78 Å². The quantitative estimate of drug-likeness (QED) is 0.871. The van der Waals surface area contributed by atoms with Gasteiger partial charge in [-0.2, -0.15) is 5.10 Å². The van der Waals surface area contributed by atoms with Crippen LogP contribution in [0.25, 0.3) is 10.9 Å². The molecule has 1 N–H and O–H groups in total. The molecule has 2 bridgehead atoms. The zero-order chi connectivity index (χ0) is 13.5. The number of hydrogen-bond acceptors (Lipinski definition) is 3. The Morgan fingerprint density at radius 3 is 2.85 bits per heavy atom. The number of nitrogens with zero attached hydrogens (tertiary/aromatic N) is 2. The molecule has 4 heterocycles. The maximum atomic E-state index is 12.6. The lowest BCUT2D eigenvalue weighted by Gasteiger charge is -2.44. The summed E-state index contributed by atoms with van der Waals surface area (Å²) in [4.78, 5) is 15.1. The SMILES string of the molecule is O=C(C[C@@H]1CN2CCC1CC2)c1n[nH]c2ccccc12. The van der Waals surface area contributed by atoms with E-state index >= 15 is 0 Å². The molecule has 4 heteroatoms. The second-order valence-electron chi connectivity index (χ2n) is 6.14. The summed E-state index contributed by atoms with van der Waals surface area (Å²) in [6.45, 7) is 3.54. The topological polar surface area (TPSA) is 49.0 Å². The van der Waals surface area contributed by atoms with Crippen LogP contribution in [0.3, 0.4) is 0 Å². The number of H-pyrrole nitrogens is 1. The smallest absolute Gasteiger partial charge is 0.184 e. The molecule has 0 unspecified atom stereocenters. The van der Waals surface area contributed by atoms with Gasteiger partial charge >= 0.3 is 0 Å². The summed E-state index contributed by atoms with van der Waals surface area (Å²) >= 11 is 0. The summed E-state index contributed by atoms with van der Waals surface area (Å²) in [7, 11) is 0. The van der Waals surface area contributed by atoms with Crippen molar-refractivity contribution in [2.45, 2.75) is 19.3 Å². The van der Waals surface area contributed by atoms with Gasteiger partial charge in [-0.25, -0.2) is 0 Å². The Labute approximate surface area is 118 Å². The molecule has 0 radical (unpaired) electrons. The van der Waals surface area contributed by atoms with E-state index in [0.717, 1.165) is 23.4 Å². The van der Waals surface area contributed by atoms with Crippen molar-refractivity contribution >= 4 is 16.7 Å². The normalized spacial score (nSPS) is 28.9. The Bertz CT molecular complexity index is 640. The predicted octanol–water partition coefficient (Wildman–Crippen LogP) is 2.48. The standard InChI is InChI=1S/C16H19N3O/c20-15(9-12-10-19-7-5-11(12)6-8-19)16-13-3-1-2-4-14(13)17-18-16/h1-4,11-12H,5-10H2,(H,17,18)/t12-/m1/s1. The highest BCUT2D eigenvalue weighted by atomic mass is 16.1. The minimum atomic E-state index is 0.196. The van der Waals surface area contributed by atoms with E-state index in [-0.39, 0.29) is 5.78 Å². The molecule has 3 saturated heterocycles. The zero-order valence-electron chi connectivity index (χ0n) is 11.5. The van der Waals surface area contributed by atoms with Gasteiger partial charge in [-0.3, -0.25) is 9.89 Å². The number of para-hydroxylation sites is 1. The maximum Gasteiger partial charge on any atom is 0.184 e. The van der Waals surface area contributed by atoms with Crippen LogP contribution in [0.1, 0.15) is 29.8 Å². The lowest BCUT2D eigenvalue weighted by molar-refractivity contribution is 0.0440. The Kier molecular flexibility index (Phi) is 2.84. The highest BCUT2D eigenvalue weighted by Crippen LogP contribution is 2.35. The molecule has 5 rings (SSSR count). The maximum absolute atomic E-state index is 12.6. The van der Waals surface area contributed by atoms with E-state index in [0.29, 0.717) is 18.0 Å². The van der Waals surface area contributed by atoms with E-state index in [1.165, 1.54) is 25.9 Å². The fourth-order valence-electron chi connectivity index (χ4n) is 3.83. The lowest BCUT2D eigenvalue weighted by atomic mass is 9.76. The molecule has 20 heavy (non-hydrogen) atoms. The largest absolute Gasteiger partial charge is 0.303 e. The number of ketones is 1. The first-order valence-electron chi connectivity index (χ1n) is 7.50. The Morgan fingerprint density at radius 1 is 1.30 bits per heavy atom. The van der Waals surface area contributed by atoms with Crippen LogP contribution in [0.5, 0.6) is 0 Å². The van der Waals surface area contributed by atoms with Crippen LogP contribution in [-0.2, 0) is 0 Å². The van der Waals surface area contributed by atoms with Crippen LogP contribution >= 0.6 is 0 Å². The summed E-state index contributed by atoms with van der Waals surface area (Å²) in [6, 6.07) is 7.86. The average molecular weight is 269 g/mol. The van der Waals surface area contributed by atoms with Crippen LogP contribution in [0.15, 0.2) is 24.3 Å². The van der Waals surface area contributed by atoms with Gasteiger partial charge in [0, 0.05) is 18.4 Å². The summed E-state index contributed by atoms with van der Waals surface area (Å²) in [5, 5.41) is 8.15. The molecule has 3 fully saturated rings.